The molecule has 0 aliphatic rings. The van der Waals surface area contributed by atoms with Crippen LogP contribution in [0, 0.1) is 12.7 Å². The molecule has 112 valence electrons. The zero-order valence-electron chi connectivity index (χ0n) is 12.5. The molecule has 0 unspecified atom stereocenters. The van der Waals surface area contributed by atoms with Crippen molar-refractivity contribution in [3.05, 3.63) is 71.6 Å². The molecular weight excluding hydrogens is 307 g/mol. The molecule has 23 heavy (non-hydrogen) atoms. The van der Waals surface area contributed by atoms with E-state index >= 15 is 0 Å². The summed E-state index contributed by atoms with van der Waals surface area (Å²) in [6.45, 7) is 1.95. The zero-order valence-corrected chi connectivity index (χ0v) is 13.3. The Morgan fingerprint density at radius 3 is 2.78 bits per heavy atom. The summed E-state index contributed by atoms with van der Waals surface area (Å²) < 4.78 is 15.4. The molecule has 2 heterocycles. The summed E-state index contributed by atoms with van der Waals surface area (Å²) in [6, 6.07) is 15.0. The average Bonchev–Trinajstić information content (AvgIpc) is 3.05. The van der Waals surface area contributed by atoms with Gasteiger partial charge in [0, 0.05) is 17.3 Å². The fourth-order valence-electron chi connectivity index (χ4n) is 2.70. The lowest BCUT2D eigenvalue weighted by Gasteiger charge is -2.10. The van der Waals surface area contributed by atoms with Gasteiger partial charge in [-0.3, -0.25) is 4.98 Å². The van der Waals surface area contributed by atoms with Gasteiger partial charge < -0.3 is 0 Å². The fourth-order valence-corrected chi connectivity index (χ4v) is 3.41. The van der Waals surface area contributed by atoms with Crippen molar-refractivity contribution in [1.29, 1.82) is 0 Å². The van der Waals surface area contributed by atoms with Gasteiger partial charge in [-0.15, -0.1) is 11.3 Å². The van der Waals surface area contributed by atoms with Crippen molar-refractivity contribution in [2.45, 2.75) is 6.92 Å². The Hall–Kier alpha value is -2.59. The van der Waals surface area contributed by atoms with Gasteiger partial charge in [-0.25, -0.2) is 9.37 Å². The highest BCUT2D eigenvalue weighted by Gasteiger charge is 2.13. The van der Waals surface area contributed by atoms with Gasteiger partial charge in [0.25, 0.3) is 0 Å². The number of hydrogen-bond donors (Lipinski definition) is 0. The maximum Gasteiger partial charge on any atom is 0.132 e. The van der Waals surface area contributed by atoms with Crippen LogP contribution in [0.2, 0.25) is 0 Å². The Labute approximate surface area is 137 Å². The summed E-state index contributed by atoms with van der Waals surface area (Å²) >= 11 is 1.60. The van der Waals surface area contributed by atoms with Crippen molar-refractivity contribution in [2.75, 3.05) is 0 Å². The predicted octanol–water partition coefficient (Wildman–Crippen LogP) is 5.47. The number of benzene rings is 2. The van der Waals surface area contributed by atoms with Gasteiger partial charge >= 0.3 is 0 Å². The third-order valence-corrected chi connectivity index (χ3v) is 4.62. The summed E-state index contributed by atoms with van der Waals surface area (Å²) in [7, 11) is 0. The molecule has 2 nitrogen and oxygen atoms in total. The Kier molecular flexibility index (Phi) is 3.39. The quantitative estimate of drug-likeness (QED) is 0.489. The Morgan fingerprint density at radius 1 is 0.957 bits per heavy atom. The van der Waals surface area contributed by atoms with Crippen molar-refractivity contribution in [3.8, 4) is 22.4 Å². The highest BCUT2D eigenvalue weighted by atomic mass is 32.1. The van der Waals surface area contributed by atoms with E-state index in [4.69, 9.17) is 0 Å². The van der Waals surface area contributed by atoms with E-state index in [9.17, 15) is 4.39 Å². The summed E-state index contributed by atoms with van der Waals surface area (Å²) in [6.07, 6.45) is 1.70. The van der Waals surface area contributed by atoms with Crippen molar-refractivity contribution in [2.24, 2.45) is 0 Å². The summed E-state index contributed by atoms with van der Waals surface area (Å²) in [5.41, 5.74) is 6.96. The molecule has 4 heteroatoms. The monoisotopic (exact) mass is 320 g/mol. The van der Waals surface area contributed by atoms with Crippen molar-refractivity contribution >= 4 is 21.6 Å². The van der Waals surface area contributed by atoms with Gasteiger partial charge in [0.1, 0.15) is 5.82 Å². The van der Waals surface area contributed by atoms with E-state index in [0.717, 1.165) is 26.9 Å². The van der Waals surface area contributed by atoms with Crippen LogP contribution < -0.4 is 0 Å². The number of thiazole rings is 1. The lowest BCUT2D eigenvalue weighted by atomic mass is 9.98. The second-order valence-corrected chi connectivity index (χ2v) is 6.30. The standard InChI is InChI=1S/C19H13FN2S/c1-12-4-6-16(20)15(9-12)19-14(3-2-8-21-19)13-5-7-17-18(10-13)23-11-22-17/h2-11H,1H3. The lowest BCUT2D eigenvalue weighted by molar-refractivity contribution is 0.630. The summed E-state index contributed by atoms with van der Waals surface area (Å²) in [5.74, 6) is -0.255. The highest BCUT2D eigenvalue weighted by molar-refractivity contribution is 7.16. The van der Waals surface area contributed by atoms with E-state index in [2.05, 4.69) is 16.0 Å². The van der Waals surface area contributed by atoms with Crippen LogP contribution in [0.1, 0.15) is 5.56 Å². The van der Waals surface area contributed by atoms with E-state index in [1.54, 1.807) is 23.6 Å². The smallest absolute Gasteiger partial charge is 0.132 e. The zero-order chi connectivity index (χ0) is 15.8. The van der Waals surface area contributed by atoms with E-state index in [-0.39, 0.29) is 5.82 Å². The van der Waals surface area contributed by atoms with Crippen LogP contribution in [-0.2, 0) is 0 Å². The molecule has 0 spiro atoms. The van der Waals surface area contributed by atoms with Crippen molar-refractivity contribution in [1.82, 2.24) is 9.97 Å². The topological polar surface area (TPSA) is 25.8 Å². The largest absolute Gasteiger partial charge is 0.255 e. The first-order valence-electron chi connectivity index (χ1n) is 7.27. The van der Waals surface area contributed by atoms with Crippen LogP contribution in [0.5, 0.6) is 0 Å². The number of hydrogen-bond acceptors (Lipinski definition) is 3. The van der Waals surface area contributed by atoms with E-state index < -0.39 is 0 Å². The molecule has 0 amide bonds. The minimum atomic E-state index is -0.255. The molecule has 0 atom stereocenters. The van der Waals surface area contributed by atoms with Gasteiger partial charge in [0.15, 0.2) is 0 Å². The first-order valence-corrected chi connectivity index (χ1v) is 8.15. The second kappa shape index (κ2) is 5.56. The Bertz CT molecular complexity index is 1010. The molecule has 0 bridgehead atoms. The minimum absolute atomic E-state index is 0.255. The van der Waals surface area contributed by atoms with E-state index in [1.165, 1.54) is 6.07 Å². The summed E-state index contributed by atoms with van der Waals surface area (Å²) in [4.78, 5) is 8.75. The van der Waals surface area contributed by atoms with Crippen LogP contribution in [0.15, 0.2) is 60.2 Å². The number of fused-ring (bicyclic) bond motifs is 1. The molecule has 2 aromatic carbocycles. The second-order valence-electron chi connectivity index (χ2n) is 5.42. The van der Waals surface area contributed by atoms with Crippen molar-refractivity contribution in [3.63, 3.8) is 0 Å². The van der Waals surface area contributed by atoms with Gasteiger partial charge in [0.05, 0.1) is 21.4 Å². The SMILES string of the molecule is Cc1ccc(F)c(-c2ncccc2-c2ccc3ncsc3c2)c1. The average molecular weight is 320 g/mol. The summed E-state index contributed by atoms with van der Waals surface area (Å²) in [5, 5.41) is 0. The van der Waals surface area contributed by atoms with E-state index in [0.29, 0.717) is 11.3 Å². The molecule has 4 rings (SSSR count). The number of rotatable bonds is 2. The highest BCUT2D eigenvalue weighted by Crippen LogP contribution is 2.34. The molecule has 0 saturated carbocycles. The molecule has 0 radical (unpaired) electrons. The molecule has 0 N–H and O–H groups in total. The third-order valence-electron chi connectivity index (χ3n) is 3.83. The molecule has 0 aliphatic heterocycles. The lowest BCUT2D eigenvalue weighted by Crippen LogP contribution is -1.92. The predicted molar refractivity (Wildman–Crippen MR) is 93.0 cm³/mol. The third kappa shape index (κ3) is 2.51. The molecule has 0 aliphatic carbocycles. The molecule has 0 saturated heterocycles. The first-order chi connectivity index (χ1) is 11.2. The van der Waals surface area contributed by atoms with Gasteiger partial charge in [-0.1, -0.05) is 23.8 Å². The normalized spacial score (nSPS) is 11.0. The van der Waals surface area contributed by atoms with Crippen LogP contribution in [0.3, 0.4) is 0 Å². The number of halogens is 1. The Balaban J connectivity index is 1.94. The van der Waals surface area contributed by atoms with Gasteiger partial charge in [-0.2, -0.15) is 0 Å². The van der Waals surface area contributed by atoms with Crippen molar-refractivity contribution < 1.29 is 4.39 Å². The van der Waals surface area contributed by atoms with E-state index in [1.807, 2.05) is 42.8 Å². The number of aryl methyl sites for hydroxylation is 1. The van der Waals surface area contributed by atoms with Gasteiger partial charge in [0.2, 0.25) is 0 Å². The molecule has 0 fully saturated rings. The van der Waals surface area contributed by atoms with Gasteiger partial charge in [-0.05, 0) is 42.8 Å². The first kappa shape index (κ1) is 14.0. The maximum atomic E-state index is 14.3. The van der Waals surface area contributed by atoms with Crippen LogP contribution in [0.4, 0.5) is 4.39 Å². The molecular formula is C19H13FN2S. The molecule has 2 aromatic heterocycles. The number of aromatic nitrogens is 2. The van der Waals surface area contributed by atoms with Crippen LogP contribution >= 0.6 is 11.3 Å². The number of pyridine rings is 1. The number of nitrogens with zero attached hydrogens (tertiary/aromatic N) is 2. The maximum absolute atomic E-state index is 14.3. The van der Waals surface area contributed by atoms with Crippen LogP contribution in [0.25, 0.3) is 32.6 Å². The fraction of sp³-hybridized carbons (Fsp3) is 0.0526. The molecule has 4 aromatic rings. The Morgan fingerprint density at radius 2 is 1.87 bits per heavy atom. The van der Waals surface area contributed by atoms with Crippen LogP contribution in [-0.4, -0.2) is 9.97 Å². The minimum Gasteiger partial charge on any atom is -0.255 e.